The lowest BCUT2D eigenvalue weighted by atomic mass is 10.0. The molecule has 0 aliphatic carbocycles. The summed E-state index contributed by atoms with van der Waals surface area (Å²) in [5.74, 6) is 1.12. The number of rotatable bonds is 9. The first-order valence-corrected chi connectivity index (χ1v) is 10.1. The van der Waals surface area contributed by atoms with Crippen molar-refractivity contribution >= 4 is 21.9 Å². The molecule has 1 fully saturated rings. The number of nitrogens with zero attached hydrogens (tertiary/aromatic N) is 1. The lowest BCUT2D eigenvalue weighted by molar-refractivity contribution is 0.0203. The summed E-state index contributed by atoms with van der Waals surface area (Å²) >= 11 is 3.43. The second kappa shape index (κ2) is 12.3. The average Bonchev–Trinajstić information content (AvgIpc) is 2.65. The zero-order valence-electron chi connectivity index (χ0n) is 15.4. The van der Waals surface area contributed by atoms with E-state index < -0.39 is 0 Å². The third-order valence-electron chi connectivity index (χ3n) is 4.21. The predicted molar refractivity (Wildman–Crippen MR) is 106 cm³/mol. The molecule has 1 aliphatic heterocycles. The number of halogens is 2. The van der Waals surface area contributed by atoms with E-state index >= 15 is 0 Å². The van der Waals surface area contributed by atoms with Crippen molar-refractivity contribution in [1.29, 1.82) is 0 Å². The first kappa shape index (κ1) is 21.1. The topological polar surface area (TPSA) is 54.9 Å². The molecule has 0 aromatic heterocycles. The van der Waals surface area contributed by atoms with Crippen molar-refractivity contribution in [2.45, 2.75) is 32.7 Å². The maximum Gasteiger partial charge on any atom is 0.191 e. The molecule has 2 N–H and O–H groups in total. The van der Waals surface area contributed by atoms with Gasteiger partial charge in [0, 0.05) is 44.0 Å². The highest BCUT2D eigenvalue weighted by Crippen LogP contribution is 2.18. The highest BCUT2D eigenvalue weighted by molar-refractivity contribution is 9.10. The van der Waals surface area contributed by atoms with Gasteiger partial charge in [0.1, 0.15) is 5.82 Å². The molecule has 1 aromatic rings. The van der Waals surface area contributed by atoms with Crippen molar-refractivity contribution in [3.63, 3.8) is 0 Å². The molecule has 1 saturated heterocycles. The Labute approximate surface area is 163 Å². The molecule has 146 valence electrons. The van der Waals surface area contributed by atoms with Crippen LogP contribution in [0.3, 0.4) is 0 Å². The number of guanidine groups is 1. The first-order valence-electron chi connectivity index (χ1n) is 9.30. The molecule has 0 unspecified atom stereocenters. The van der Waals surface area contributed by atoms with Crippen LogP contribution in [0.2, 0.25) is 0 Å². The number of nitrogens with one attached hydrogen (secondary N) is 2. The molecule has 0 spiro atoms. The Morgan fingerprint density at radius 2 is 2.15 bits per heavy atom. The summed E-state index contributed by atoms with van der Waals surface area (Å²) in [6.07, 6.45) is 3.12. The highest BCUT2D eigenvalue weighted by atomic mass is 79.9. The minimum Gasteiger partial charge on any atom is -0.381 e. The van der Waals surface area contributed by atoms with Gasteiger partial charge < -0.3 is 20.1 Å². The second-order valence-electron chi connectivity index (χ2n) is 6.34. The van der Waals surface area contributed by atoms with Crippen molar-refractivity contribution in [2.24, 2.45) is 10.9 Å². The van der Waals surface area contributed by atoms with Gasteiger partial charge in [-0.05, 0) is 55.9 Å². The summed E-state index contributed by atoms with van der Waals surface area (Å²) in [7, 11) is 0. The summed E-state index contributed by atoms with van der Waals surface area (Å²) in [4.78, 5) is 4.52. The van der Waals surface area contributed by atoms with Crippen molar-refractivity contribution in [1.82, 2.24) is 10.6 Å². The van der Waals surface area contributed by atoms with E-state index in [1.807, 2.05) is 6.92 Å². The van der Waals surface area contributed by atoms with Gasteiger partial charge in [0.25, 0.3) is 0 Å². The summed E-state index contributed by atoms with van der Waals surface area (Å²) in [6, 6.07) is 4.64. The molecule has 7 heteroatoms. The Balaban J connectivity index is 1.67. The molecule has 0 radical (unpaired) electrons. The summed E-state index contributed by atoms with van der Waals surface area (Å²) < 4.78 is 25.3. The number of aliphatic imine (C=N–C) groups is 1. The van der Waals surface area contributed by atoms with Crippen molar-refractivity contribution in [2.75, 3.05) is 39.5 Å². The molecule has 1 heterocycles. The van der Waals surface area contributed by atoms with Crippen LogP contribution in [0.4, 0.5) is 4.39 Å². The molecular formula is C19H29BrFN3O2. The van der Waals surface area contributed by atoms with E-state index in [0.29, 0.717) is 12.5 Å². The Morgan fingerprint density at radius 1 is 1.35 bits per heavy atom. The van der Waals surface area contributed by atoms with Crippen LogP contribution in [0.1, 0.15) is 31.7 Å². The minimum absolute atomic E-state index is 0.252. The van der Waals surface area contributed by atoms with Crippen LogP contribution in [0.15, 0.2) is 27.7 Å². The van der Waals surface area contributed by atoms with Crippen LogP contribution in [0.25, 0.3) is 0 Å². The van der Waals surface area contributed by atoms with Crippen LogP contribution in [-0.4, -0.2) is 45.5 Å². The maximum atomic E-state index is 13.4. The van der Waals surface area contributed by atoms with Gasteiger partial charge >= 0.3 is 0 Å². The van der Waals surface area contributed by atoms with Crippen LogP contribution in [0, 0.1) is 11.7 Å². The Hall–Kier alpha value is -1.18. The van der Waals surface area contributed by atoms with Gasteiger partial charge in [-0.25, -0.2) is 9.38 Å². The SMILES string of the molecule is CCNC(=NCc1cc(F)ccc1Br)NCCCOCC1CCOCC1. The Morgan fingerprint density at radius 3 is 2.92 bits per heavy atom. The molecule has 0 atom stereocenters. The third kappa shape index (κ3) is 8.01. The van der Waals surface area contributed by atoms with Gasteiger partial charge in [-0.2, -0.15) is 0 Å². The quantitative estimate of drug-likeness (QED) is 0.358. The Bertz CT molecular complexity index is 566. The second-order valence-corrected chi connectivity index (χ2v) is 7.20. The van der Waals surface area contributed by atoms with E-state index in [-0.39, 0.29) is 5.82 Å². The highest BCUT2D eigenvalue weighted by Gasteiger charge is 2.13. The van der Waals surface area contributed by atoms with Crippen LogP contribution >= 0.6 is 15.9 Å². The molecule has 26 heavy (non-hydrogen) atoms. The molecule has 0 amide bonds. The van der Waals surface area contributed by atoms with E-state index in [0.717, 1.165) is 74.8 Å². The smallest absolute Gasteiger partial charge is 0.191 e. The van der Waals surface area contributed by atoms with Crippen molar-refractivity contribution in [3.05, 3.63) is 34.1 Å². The van der Waals surface area contributed by atoms with E-state index in [4.69, 9.17) is 9.47 Å². The lowest BCUT2D eigenvalue weighted by Crippen LogP contribution is -2.38. The Kier molecular flexibility index (Phi) is 9.95. The van der Waals surface area contributed by atoms with Gasteiger partial charge in [0.2, 0.25) is 0 Å². The van der Waals surface area contributed by atoms with E-state index in [1.54, 1.807) is 6.07 Å². The monoisotopic (exact) mass is 429 g/mol. The summed E-state index contributed by atoms with van der Waals surface area (Å²) in [5.41, 5.74) is 0.821. The first-order chi connectivity index (χ1) is 12.7. The lowest BCUT2D eigenvalue weighted by Gasteiger charge is -2.21. The van der Waals surface area contributed by atoms with E-state index in [9.17, 15) is 4.39 Å². The van der Waals surface area contributed by atoms with Crippen LogP contribution < -0.4 is 10.6 Å². The number of benzene rings is 1. The molecule has 5 nitrogen and oxygen atoms in total. The number of hydrogen-bond acceptors (Lipinski definition) is 3. The van der Waals surface area contributed by atoms with Crippen LogP contribution in [0.5, 0.6) is 0 Å². The summed E-state index contributed by atoms with van der Waals surface area (Å²) in [6.45, 7) is 7.27. The van der Waals surface area contributed by atoms with Gasteiger partial charge in [-0.15, -0.1) is 0 Å². The molecular weight excluding hydrogens is 401 g/mol. The van der Waals surface area contributed by atoms with E-state index in [1.165, 1.54) is 12.1 Å². The van der Waals surface area contributed by atoms with Gasteiger partial charge in [0.05, 0.1) is 6.54 Å². The molecule has 0 saturated carbocycles. The maximum absolute atomic E-state index is 13.4. The zero-order chi connectivity index (χ0) is 18.6. The third-order valence-corrected chi connectivity index (χ3v) is 4.99. The fourth-order valence-corrected chi connectivity index (χ4v) is 3.09. The van der Waals surface area contributed by atoms with Crippen LogP contribution in [-0.2, 0) is 16.0 Å². The van der Waals surface area contributed by atoms with E-state index in [2.05, 4.69) is 31.6 Å². The largest absolute Gasteiger partial charge is 0.381 e. The molecule has 2 rings (SSSR count). The molecule has 1 aliphatic rings. The van der Waals surface area contributed by atoms with Gasteiger partial charge in [-0.1, -0.05) is 15.9 Å². The summed E-state index contributed by atoms with van der Waals surface area (Å²) in [5, 5.41) is 6.50. The van der Waals surface area contributed by atoms with Crippen molar-refractivity contribution < 1.29 is 13.9 Å². The average molecular weight is 430 g/mol. The fourth-order valence-electron chi connectivity index (χ4n) is 2.71. The standard InChI is InChI=1S/C19H29BrFN3O2/c1-2-22-19(24-13-16-12-17(21)4-5-18(16)20)23-8-3-9-26-14-15-6-10-25-11-7-15/h4-5,12,15H,2-3,6-11,13-14H2,1H3,(H2,22,23,24). The minimum atomic E-state index is -0.252. The normalized spacial score (nSPS) is 15.9. The molecule has 1 aromatic carbocycles. The van der Waals surface area contributed by atoms with Gasteiger partial charge in [0.15, 0.2) is 5.96 Å². The number of ether oxygens (including phenoxy) is 2. The predicted octanol–water partition coefficient (Wildman–Crippen LogP) is 3.48. The molecule has 0 bridgehead atoms. The fraction of sp³-hybridized carbons (Fsp3) is 0.632. The zero-order valence-corrected chi connectivity index (χ0v) is 17.0. The number of hydrogen-bond donors (Lipinski definition) is 2. The van der Waals surface area contributed by atoms with Crippen molar-refractivity contribution in [3.8, 4) is 0 Å². The van der Waals surface area contributed by atoms with Gasteiger partial charge in [-0.3, -0.25) is 0 Å².